The molecule has 1 amide bonds. The first-order chi connectivity index (χ1) is 14.0. The standard InChI is InChI=1S/C21H25N5O3/c1-14-19(15(2)26(23-14)11-16-7-5-4-6-8-16)18-13-29-10-9-25(18)20(27)17-12-24(3)21(28)22-17/h4-8,12,18H,9-11,13H2,1-3H3,(H,22,28). The normalized spacial score (nSPS) is 16.9. The zero-order chi connectivity index (χ0) is 20.5. The van der Waals surface area contributed by atoms with Crippen LogP contribution in [0.4, 0.5) is 0 Å². The van der Waals surface area contributed by atoms with Crippen molar-refractivity contribution in [2.75, 3.05) is 19.8 Å². The fourth-order valence-electron chi connectivity index (χ4n) is 3.94. The number of carbonyl (C=O) groups is 1. The summed E-state index contributed by atoms with van der Waals surface area (Å²) < 4.78 is 9.06. The third-order valence-electron chi connectivity index (χ3n) is 5.45. The highest BCUT2D eigenvalue weighted by molar-refractivity contribution is 5.92. The van der Waals surface area contributed by atoms with E-state index in [0.29, 0.717) is 26.3 Å². The number of ether oxygens (including phenoxy) is 1. The van der Waals surface area contributed by atoms with Crippen molar-refractivity contribution in [3.63, 3.8) is 0 Å². The van der Waals surface area contributed by atoms with E-state index >= 15 is 0 Å². The Hall–Kier alpha value is -3.13. The minimum absolute atomic E-state index is 0.203. The van der Waals surface area contributed by atoms with E-state index in [1.54, 1.807) is 11.9 Å². The zero-order valence-electron chi connectivity index (χ0n) is 16.9. The van der Waals surface area contributed by atoms with Gasteiger partial charge in [0.25, 0.3) is 5.91 Å². The van der Waals surface area contributed by atoms with E-state index in [1.165, 1.54) is 16.3 Å². The monoisotopic (exact) mass is 395 g/mol. The molecule has 8 nitrogen and oxygen atoms in total. The van der Waals surface area contributed by atoms with Gasteiger partial charge in [-0.15, -0.1) is 0 Å². The molecule has 1 fully saturated rings. The number of hydrogen-bond acceptors (Lipinski definition) is 4. The van der Waals surface area contributed by atoms with Gasteiger partial charge in [-0.05, 0) is 19.4 Å². The Morgan fingerprint density at radius 1 is 1.28 bits per heavy atom. The smallest absolute Gasteiger partial charge is 0.325 e. The number of hydrogen-bond donors (Lipinski definition) is 1. The van der Waals surface area contributed by atoms with Gasteiger partial charge in [-0.3, -0.25) is 9.48 Å². The van der Waals surface area contributed by atoms with Gasteiger partial charge in [0, 0.05) is 31.0 Å². The van der Waals surface area contributed by atoms with Gasteiger partial charge >= 0.3 is 5.69 Å². The molecular formula is C21H25N5O3. The fourth-order valence-corrected chi connectivity index (χ4v) is 3.94. The first-order valence-corrected chi connectivity index (χ1v) is 9.68. The summed E-state index contributed by atoms with van der Waals surface area (Å²) in [5.74, 6) is -0.203. The Balaban J connectivity index is 1.66. The molecule has 29 heavy (non-hydrogen) atoms. The number of imidazole rings is 1. The summed E-state index contributed by atoms with van der Waals surface area (Å²) in [5, 5.41) is 4.73. The highest BCUT2D eigenvalue weighted by Crippen LogP contribution is 2.30. The number of benzene rings is 1. The van der Waals surface area contributed by atoms with Crippen LogP contribution in [0.25, 0.3) is 0 Å². The molecule has 0 radical (unpaired) electrons. The number of aryl methyl sites for hydroxylation is 2. The van der Waals surface area contributed by atoms with Crippen LogP contribution in [0, 0.1) is 13.8 Å². The van der Waals surface area contributed by atoms with Crippen LogP contribution in [0.2, 0.25) is 0 Å². The van der Waals surface area contributed by atoms with Gasteiger partial charge in [0.15, 0.2) is 0 Å². The molecule has 3 aromatic rings. The summed E-state index contributed by atoms with van der Waals surface area (Å²) >= 11 is 0. The number of aromatic nitrogens is 4. The van der Waals surface area contributed by atoms with E-state index in [2.05, 4.69) is 17.1 Å². The highest BCUT2D eigenvalue weighted by atomic mass is 16.5. The average molecular weight is 395 g/mol. The number of rotatable bonds is 4. The second-order valence-electron chi connectivity index (χ2n) is 7.40. The lowest BCUT2D eigenvalue weighted by Crippen LogP contribution is -2.44. The summed E-state index contributed by atoms with van der Waals surface area (Å²) in [5.41, 5.74) is 4.05. The van der Waals surface area contributed by atoms with E-state index in [-0.39, 0.29) is 23.3 Å². The van der Waals surface area contributed by atoms with Crippen LogP contribution in [0.15, 0.2) is 41.3 Å². The minimum atomic E-state index is -0.304. The Morgan fingerprint density at radius 2 is 2.03 bits per heavy atom. The number of nitrogens with zero attached hydrogens (tertiary/aromatic N) is 4. The van der Waals surface area contributed by atoms with Gasteiger partial charge in [0.05, 0.1) is 31.5 Å². The fraction of sp³-hybridized carbons (Fsp3) is 0.381. The Labute approximate surface area is 168 Å². The maximum Gasteiger partial charge on any atom is 0.325 e. The number of morpholine rings is 1. The van der Waals surface area contributed by atoms with Crippen LogP contribution < -0.4 is 5.69 Å². The van der Waals surface area contributed by atoms with Crippen molar-refractivity contribution in [2.24, 2.45) is 7.05 Å². The van der Waals surface area contributed by atoms with E-state index in [0.717, 1.165) is 17.0 Å². The van der Waals surface area contributed by atoms with Crippen LogP contribution in [-0.4, -0.2) is 49.9 Å². The molecule has 1 unspecified atom stereocenters. The number of amides is 1. The third-order valence-corrected chi connectivity index (χ3v) is 5.45. The first kappa shape index (κ1) is 19.2. The molecule has 1 aliphatic rings. The molecule has 1 saturated heterocycles. The SMILES string of the molecule is Cc1nn(Cc2ccccc2)c(C)c1C1COCCN1C(=O)c1cn(C)c(=O)[nH]1. The average Bonchev–Trinajstić information content (AvgIpc) is 3.20. The number of H-pyrrole nitrogens is 1. The van der Waals surface area contributed by atoms with Crippen molar-refractivity contribution in [3.05, 3.63) is 75.2 Å². The molecule has 1 aliphatic heterocycles. The van der Waals surface area contributed by atoms with Crippen molar-refractivity contribution in [1.82, 2.24) is 24.2 Å². The molecule has 1 atom stereocenters. The largest absolute Gasteiger partial charge is 0.377 e. The summed E-state index contributed by atoms with van der Waals surface area (Å²) in [6.45, 7) is 5.99. The summed E-state index contributed by atoms with van der Waals surface area (Å²) in [6, 6.07) is 9.91. The lowest BCUT2D eigenvalue weighted by Gasteiger charge is -2.35. The minimum Gasteiger partial charge on any atom is -0.377 e. The molecule has 152 valence electrons. The number of nitrogens with one attached hydrogen (secondary N) is 1. The topological polar surface area (TPSA) is 85.2 Å². The van der Waals surface area contributed by atoms with Gasteiger partial charge in [0.1, 0.15) is 5.69 Å². The molecule has 2 aromatic heterocycles. The van der Waals surface area contributed by atoms with Crippen LogP contribution in [0.1, 0.15) is 39.0 Å². The summed E-state index contributed by atoms with van der Waals surface area (Å²) in [6.07, 6.45) is 1.54. The van der Waals surface area contributed by atoms with Crippen molar-refractivity contribution in [3.8, 4) is 0 Å². The van der Waals surface area contributed by atoms with Crippen molar-refractivity contribution in [2.45, 2.75) is 26.4 Å². The molecule has 4 rings (SSSR count). The maximum atomic E-state index is 13.1. The van der Waals surface area contributed by atoms with Crippen LogP contribution in [-0.2, 0) is 18.3 Å². The molecule has 0 bridgehead atoms. The molecule has 3 heterocycles. The van der Waals surface area contributed by atoms with Gasteiger partial charge in [-0.1, -0.05) is 30.3 Å². The van der Waals surface area contributed by atoms with Crippen molar-refractivity contribution < 1.29 is 9.53 Å². The second kappa shape index (κ2) is 7.71. The molecule has 1 aromatic carbocycles. The Bertz CT molecular complexity index is 1080. The van der Waals surface area contributed by atoms with Crippen LogP contribution in [0.5, 0.6) is 0 Å². The van der Waals surface area contributed by atoms with Gasteiger partial charge in [0.2, 0.25) is 0 Å². The second-order valence-corrected chi connectivity index (χ2v) is 7.40. The maximum absolute atomic E-state index is 13.1. The van der Waals surface area contributed by atoms with Gasteiger partial charge in [-0.2, -0.15) is 5.10 Å². The molecule has 0 aliphatic carbocycles. The van der Waals surface area contributed by atoms with E-state index < -0.39 is 0 Å². The van der Waals surface area contributed by atoms with Crippen molar-refractivity contribution >= 4 is 5.91 Å². The van der Waals surface area contributed by atoms with Crippen molar-refractivity contribution in [1.29, 1.82) is 0 Å². The van der Waals surface area contributed by atoms with Gasteiger partial charge in [-0.25, -0.2) is 4.79 Å². The predicted molar refractivity (Wildman–Crippen MR) is 108 cm³/mol. The molecule has 1 N–H and O–H groups in total. The molecular weight excluding hydrogens is 370 g/mol. The van der Waals surface area contributed by atoms with Gasteiger partial charge < -0.3 is 19.2 Å². The van der Waals surface area contributed by atoms with Crippen LogP contribution in [0.3, 0.4) is 0 Å². The lowest BCUT2D eigenvalue weighted by atomic mass is 10.0. The summed E-state index contributed by atoms with van der Waals surface area (Å²) in [7, 11) is 1.62. The van der Waals surface area contributed by atoms with E-state index in [1.807, 2.05) is 36.7 Å². The Kier molecular flexibility index (Phi) is 5.10. The first-order valence-electron chi connectivity index (χ1n) is 9.68. The van der Waals surface area contributed by atoms with Crippen LogP contribution >= 0.6 is 0 Å². The highest BCUT2D eigenvalue weighted by Gasteiger charge is 2.34. The summed E-state index contributed by atoms with van der Waals surface area (Å²) in [4.78, 5) is 29.3. The predicted octanol–water partition coefficient (Wildman–Crippen LogP) is 1.79. The third kappa shape index (κ3) is 3.63. The molecule has 0 spiro atoms. The molecule has 0 saturated carbocycles. The Morgan fingerprint density at radius 3 is 2.72 bits per heavy atom. The van der Waals surface area contributed by atoms with E-state index in [9.17, 15) is 9.59 Å². The number of carbonyl (C=O) groups excluding carboxylic acids is 1. The zero-order valence-corrected chi connectivity index (χ0v) is 16.9. The number of aromatic amines is 1. The molecule has 8 heteroatoms. The lowest BCUT2D eigenvalue weighted by molar-refractivity contribution is -0.00334. The quantitative estimate of drug-likeness (QED) is 0.730. The van der Waals surface area contributed by atoms with E-state index in [4.69, 9.17) is 9.84 Å².